The SMILES string of the molecule is COc1ccc(C=O)c(OS(=O)(=O)c2ccc(C)cc2)c1OC. The van der Waals surface area contributed by atoms with Gasteiger partial charge in [0.2, 0.25) is 5.75 Å². The predicted molar refractivity (Wildman–Crippen MR) is 83.9 cm³/mol. The van der Waals surface area contributed by atoms with Gasteiger partial charge in [0, 0.05) is 0 Å². The van der Waals surface area contributed by atoms with Crippen LogP contribution in [0.15, 0.2) is 41.3 Å². The topological polar surface area (TPSA) is 78.9 Å². The second-order valence-corrected chi connectivity index (χ2v) is 6.23. The van der Waals surface area contributed by atoms with Crippen molar-refractivity contribution in [2.75, 3.05) is 14.2 Å². The molecule has 0 amide bonds. The molecule has 0 bridgehead atoms. The summed E-state index contributed by atoms with van der Waals surface area (Å²) in [5, 5.41) is 0. The zero-order chi connectivity index (χ0) is 17.0. The molecule has 0 aliphatic heterocycles. The minimum atomic E-state index is -4.11. The molecular weight excluding hydrogens is 320 g/mol. The second kappa shape index (κ2) is 6.70. The van der Waals surface area contributed by atoms with Gasteiger partial charge in [-0.25, -0.2) is 0 Å². The van der Waals surface area contributed by atoms with Gasteiger partial charge in [-0.3, -0.25) is 4.79 Å². The van der Waals surface area contributed by atoms with Gasteiger partial charge in [0.25, 0.3) is 0 Å². The van der Waals surface area contributed by atoms with Crippen LogP contribution in [0, 0.1) is 6.92 Å². The van der Waals surface area contributed by atoms with Crippen LogP contribution < -0.4 is 13.7 Å². The Bertz CT molecular complexity index is 809. The maximum atomic E-state index is 12.4. The zero-order valence-electron chi connectivity index (χ0n) is 12.9. The predicted octanol–water partition coefficient (Wildman–Crippen LogP) is 2.59. The molecule has 0 aliphatic rings. The average molecular weight is 336 g/mol. The fraction of sp³-hybridized carbons (Fsp3) is 0.188. The van der Waals surface area contributed by atoms with E-state index < -0.39 is 10.1 Å². The summed E-state index contributed by atoms with van der Waals surface area (Å²) in [4.78, 5) is 11.2. The molecule has 0 unspecified atom stereocenters. The highest BCUT2D eigenvalue weighted by Crippen LogP contribution is 2.40. The second-order valence-electron chi connectivity index (χ2n) is 4.69. The number of carbonyl (C=O) groups excluding carboxylic acids is 1. The Hall–Kier alpha value is -2.54. The number of methoxy groups -OCH3 is 2. The molecular formula is C16H16O6S. The van der Waals surface area contributed by atoms with Crippen molar-refractivity contribution >= 4 is 16.4 Å². The van der Waals surface area contributed by atoms with E-state index in [0.29, 0.717) is 6.29 Å². The molecule has 2 aromatic rings. The summed E-state index contributed by atoms with van der Waals surface area (Å²) in [6, 6.07) is 9.05. The van der Waals surface area contributed by atoms with Gasteiger partial charge in [-0.2, -0.15) is 8.42 Å². The smallest absolute Gasteiger partial charge is 0.339 e. The molecule has 0 spiro atoms. The van der Waals surface area contributed by atoms with Gasteiger partial charge >= 0.3 is 10.1 Å². The molecule has 6 nitrogen and oxygen atoms in total. The van der Waals surface area contributed by atoms with E-state index >= 15 is 0 Å². The molecule has 0 saturated heterocycles. The van der Waals surface area contributed by atoms with Crippen molar-refractivity contribution in [2.24, 2.45) is 0 Å². The third kappa shape index (κ3) is 3.45. The molecule has 0 aromatic heterocycles. The Morgan fingerprint density at radius 1 is 0.913 bits per heavy atom. The van der Waals surface area contributed by atoms with Crippen LogP contribution in [0.25, 0.3) is 0 Å². The molecule has 0 saturated carbocycles. The Kier molecular flexibility index (Phi) is 4.90. The van der Waals surface area contributed by atoms with Gasteiger partial charge in [-0.15, -0.1) is 0 Å². The van der Waals surface area contributed by atoms with Crippen molar-refractivity contribution in [1.29, 1.82) is 0 Å². The lowest BCUT2D eigenvalue weighted by atomic mass is 10.2. The summed E-state index contributed by atoms with van der Waals surface area (Å²) < 4.78 is 40.2. The molecule has 0 N–H and O–H groups in total. The van der Waals surface area contributed by atoms with Crippen LogP contribution in [-0.2, 0) is 10.1 Å². The monoisotopic (exact) mass is 336 g/mol. The zero-order valence-corrected chi connectivity index (χ0v) is 13.7. The number of ether oxygens (including phenoxy) is 2. The van der Waals surface area contributed by atoms with E-state index in [1.54, 1.807) is 12.1 Å². The number of rotatable bonds is 6. The molecule has 0 radical (unpaired) electrons. The van der Waals surface area contributed by atoms with Crippen LogP contribution in [-0.4, -0.2) is 28.9 Å². The van der Waals surface area contributed by atoms with Crippen molar-refractivity contribution in [3.63, 3.8) is 0 Å². The normalized spacial score (nSPS) is 10.9. The number of aldehydes is 1. The van der Waals surface area contributed by atoms with Crippen LogP contribution >= 0.6 is 0 Å². The summed E-state index contributed by atoms with van der Waals surface area (Å²) in [6.45, 7) is 1.84. The fourth-order valence-electron chi connectivity index (χ4n) is 1.96. The first-order valence-electron chi connectivity index (χ1n) is 6.64. The number of benzene rings is 2. The molecule has 23 heavy (non-hydrogen) atoms. The van der Waals surface area contributed by atoms with Crippen LogP contribution in [0.1, 0.15) is 15.9 Å². The largest absolute Gasteiger partial charge is 0.493 e. The first-order chi connectivity index (χ1) is 10.9. The van der Waals surface area contributed by atoms with Gasteiger partial charge in [0.05, 0.1) is 19.8 Å². The lowest BCUT2D eigenvalue weighted by Crippen LogP contribution is -2.12. The highest BCUT2D eigenvalue weighted by Gasteiger charge is 2.24. The van der Waals surface area contributed by atoms with E-state index in [9.17, 15) is 13.2 Å². The van der Waals surface area contributed by atoms with E-state index in [1.165, 1.54) is 38.5 Å². The Morgan fingerprint density at radius 2 is 1.57 bits per heavy atom. The molecule has 2 rings (SSSR count). The van der Waals surface area contributed by atoms with E-state index in [-0.39, 0.29) is 27.7 Å². The van der Waals surface area contributed by atoms with Crippen molar-refractivity contribution in [2.45, 2.75) is 11.8 Å². The number of hydrogen-bond donors (Lipinski definition) is 0. The van der Waals surface area contributed by atoms with E-state index in [0.717, 1.165) is 5.56 Å². The molecule has 0 heterocycles. The third-order valence-corrected chi connectivity index (χ3v) is 4.40. The molecule has 7 heteroatoms. The number of hydrogen-bond acceptors (Lipinski definition) is 6. The highest BCUT2D eigenvalue weighted by atomic mass is 32.2. The first-order valence-corrected chi connectivity index (χ1v) is 8.05. The van der Waals surface area contributed by atoms with Crippen molar-refractivity contribution in [3.05, 3.63) is 47.5 Å². The molecule has 0 atom stereocenters. The van der Waals surface area contributed by atoms with Crippen LogP contribution in [0.5, 0.6) is 17.2 Å². The summed E-state index contributed by atoms with van der Waals surface area (Å²) in [7, 11) is -1.38. The van der Waals surface area contributed by atoms with Crippen molar-refractivity contribution < 1.29 is 26.9 Å². The van der Waals surface area contributed by atoms with E-state index in [2.05, 4.69) is 0 Å². The van der Waals surface area contributed by atoms with Crippen molar-refractivity contribution in [1.82, 2.24) is 0 Å². The minimum absolute atomic E-state index is 0.0233. The van der Waals surface area contributed by atoms with Gasteiger partial charge in [0.1, 0.15) is 4.90 Å². The summed E-state index contributed by atoms with van der Waals surface area (Å²) in [5.74, 6) is 0.0856. The maximum Gasteiger partial charge on any atom is 0.339 e. The van der Waals surface area contributed by atoms with Crippen molar-refractivity contribution in [3.8, 4) is 17.2 Å². The van der Waals surface area contributed by atoms with E-state index in [1.807, 2.05) is 6.92 Å². The Morgan fingerprint density at radius 3 is 2.09 bits per heavy atom. The molecule has 0 fully saturated rings. The lowest BCUT2D eigenvalue weighted by Gasteiger charge is -2.15. The molecule has 122 valence electrons. The first kappa shape index (κ1) is 16.8. The van der Waals surface area contributed by atoms with Gasteiger partial charge < -0.3 is 13.7 Å². The van der Waals surface area contributed by atoms with Crippen LogP contribution in [0.2, 0.25) is 0 Å². The number of aryl methyl sites for hydroxylation is 1. The summed E-state index contributed by atoms with van der Waals surface area (Å²) in [5.41, 5.74) is 0.954. The highest BCUT2D eigenvalue weighted by molar-refractivity contribution is 7.87. The number of carbonyl (C=O) groups is 1. The van der Waals surface area contributed by atoms with Gasteiger partial charge in [0.15, 0.2) is 17.8 Å². The molecule has 2 aromatic carbocycles. The summed E-state index contributed by atoms with van der Waals surface area (Å²) in [6.07, 6.45) is 0.488. The summed E-state index contributed by atoms with van der Waals surface area (Å²) >= 11 is 0. The van der Waals surface area contributed by atoms with Gasteiger partial charge in [-0.05, 0) is 31.2 Å². The van der Waals surface area contributed by atoms with Gasteiger partial charge in [-0.1, -0.05) is 17.7 Å². The third-order valence-electron chi connectivity index (χ3n) is 3.16. The Labute approximate surface area is 134 Å². The van der Waals surface area contributed by atoms with E-state index in [4.69, 9.17) is 13.7 Å². The quantitative estimate of drug-likeness (QED) is 0.596. The standard InChI is InChI=1S/C16H16O6S/c1-11-4-7-13(8-5-11)23(18,19)22-15-12(10-17)6-9-14(20-2)16(15)21-3/h4-10H,1-3H3. The maximum absolute atomic E-state index is 12.4. The average Bonchev–Trinajstić information content (AvgIpc) is 2.54. The van der Waals surface area contributed by atoms with Crippen LogP contribution in [0.4, 0.5) is 0 Å². The molecule has 0 aliphatic carbocycles. The minimum Gasteiger partial charge on any atom is -0.493 e. The lowest BCUT2D eigenvalue weighted by molar-refractivity contribution is 0.112. The fourth-order valence-corrected chi connectivity index (χ4v) is 2.91. The van der Waals surface area contributed by atoms with Crippen LogP contribution in [0.3, 0.4) is 0 Å². The Balaban J connectivity index is 2.53.